The molecule has 11 heteroatoms. The van der Waals surface area contributed by atoms with E-state index in [4.69, 9.17) is 23.7 Å². The lowest BCUT2D eigenvalue weighted by Gasteiger charge is -2.54. The summed E-state index contributed by atoms with van der Waals surface area (Å²) in [6, 6.07) is 0. The number of Topliss-reactive ketones (excluding diaryl/α,β-unsaturated/α-hetero) is 1. The highest BCUT2D eigenvalue weighted by Gasteiger charge is 2.63. The summed E-state index contributed by atoms with van der Waals surface area (Å²) in [5, 5.41) is 43.7. The molecule has 2 spiro atoms. The molecule has 0 amide bonds. The fraction of sp³-hybridized carbons (Fsp3) is 0.902. The van der Waals surface area contributed by atoms with Crippen molar-refractivity contribution in [3.05, 3.63) is 12.2 Å². The Hall–Kier alpha value is -1.44. The van der Waals surface area contributed by atoms with Gasteiger partial charge >= 0.3 is 5.97 Å². The quantitative estimate of drug-likeness (QED) is 0.176. The molecule has 0 aromatic heterocycles. The fourth-order valence-electron chi connectivity index (χ4n) is 10.1. The number of aliphatic carboxylic acids is 1. The maximum Gasteiger partial charge on any atom is 0.309 e. The van der Waals surface area contributed by atoms with Gasteiger partial charge in [0, 0.05) is 30.1 Å². The highest BCUT2D eigenvalue weighted by Crippen LogP contribution is 2.54. The molecule has 52 heavy (non-hydrogen) atoms. The molecule has 5 aliphatic rings. The van der Waals surface area contributed by atoms with E-state index in [-0.39, 0.29) is 41.8 Å². The molecule has 5 rings (SSSR count). The Kier molecular flexibility index (Phi) is 12.8. The zero-order valence-electron chi connectivity index (χ0n) is 33.1. The first kappa shape index (κ1) is 41.7. The van der Waals surface area contributed by atoms with Crippen LogP contribution in [0.4, 0.5) is 0 Å². The van der Waals surface area contributed by atoms with Crippen LogP contribution >= 0.6 is 0 Å². The number of carbonyl (C=O) groups is 2. The average molecular weight is 737 g/mol. The minimum absolute atomic E-state index is 0.0183. The van der Waals surface area contributed by atoms with E-state index in [0.29, 0.717) is 64.2 Å². The normalized spacial score (nSPS) is 45.4. The van der Waals surface area contributed by atoms with Gasteiger partial charge in [-0.1, -0.05) is 48.5 Å². The van der Waals surface area contributed by atoms with E-state index in [0.717, 1.165) is 6.42 Å². The van der Waals surface area contributed by atoms with E-state index in [9.17, 15) is 30.0 Å². The molecule has 0 bridgehead atoms. The highest BCUT2D eigenvalue weighted by molar-refractivity contribution is 5.84. The second kappa shape index (κ2) is 16.0. The topological polar surface area (TPSA) is 161 Å². The van der Waals surface area contributed by atoms with Crippen LogP contribution in [0.3, 0.4) is 0 Å². The van der Waals surface area contributed by atoms with Crippen molar-refractivity contribution in [3.8, 4) is 0 Å². The Labute approximate surface area is 311 Å². The lowest BCUT2D eigenvalue weighted by atomic mass is 9.73. The molecular weight excluding hydrogens is 668 g/mol. The predicted molar refractivity (Wildman–Crippen MR) is 194 cm³/mol. The van der Waals surface area contributed by atoms with Crippen molar-refractivity contribution in [2.75, 3.05) is 0 Å². The van der Waals surface area contributed by atoms with Gasteiger partial charge in [0.1, 0.15) is 11.9 Å². The van der Waals surface area contributed by atoms with Crippen molar-refractivity contribution in [2.24, 2.45) is 35.5 Å². The molecule has 0 saturated carbocycles. The third-order valence-electron chi connectivity index (χ3n) is 14.0. The van der Waals surface area contributed by atoms with Gasteiger partial charge in [0.2, 0.25) is 5.79 Å². The summed E-state index contributed by atoms with van der Waals surface area (Å²) in [4.78, 5) is 26.2. The maximum atomic E-state index is 14.4. The molecule has 1 unspecified atom stereocenters. The summed E-state index contributed by atoms with van der Waals surface area (Å²) in [6.45, 7) is 17.5. The van der Waals surface area contributed by atoms with E-state index in [1.807, 2.05) is 41.5 Å². The van der Waals surface area contributed by atoms with Crippen LogP contribution in [0.25, 0.3) is 0 Å². The van der Waals surface area contributed by atoms with Gasteiger partial charge in [0.05, 0.1) is 53.7 Å². The van der Waals surface area contributed by atoms with E-state index >= 15 is 0 Å². The Bertz CT molecular complexity index is 1290. The number of carbonyl (C=O) groups excluding carboxylic acids is 1. The standard InChI is InChI=1S/C41H68O11/c1-10-28(37(45)46)31-15-13-14-30(49-31)25(6)34(43)26(7)35(44)29(11-2)36-23(4)22-24(5)40(50-36)19-16-32(42)41(52-40)21-20-38(9,51-41)33-17-18-39(47,12-3)27(8)48-33/h16,19,23-34,36,42-43,47H,10-15,17-18,20-22H2,1-9H3,(H,45,46)/t23-,24+,25+,26-,27-,28+,29?,30+,31+,32-,33+,34-,36-,38-,39+,40-,41-/m0/s1. The molecule has 0 radical (unpaired) electrons. The van der Waals surface area contributed by atoms with Crippen molar-refractivity contribution in [3.63, 3.8) is 0 Å². The summed E-state index contributed by atoms with van der Waals surface area (Å²) >= 11 is 0. The zero-order valence-corrected chi connectivity index (χ0v) is 33.1. The average Bonchev–Trinajstić information content (AvgIpc) is 3.46. The molecular formula is C41H68O11. The van der Waals surface area contributed by atoms with Gasteiger partial charge in [-0.15, -0.1) is 0 Å². The van der Waals surface area contributed by atoms with Crippen molar-refractivity contribution >= 4 is 11.8 Å². The number of ketones is 1. The molecule has 4 fully saturated rings. The molecule has 0 aromatic carbocycles. The maximum absolute atomic E-state index is 14.4. The van der Waals surface area contributed by atoms with E-state index in [2.05, 4.69) is 13.8 Å². The number of ether oxygens (including phenoxy) is 5. The molecule has 4 N–H and O–H groups in total. The largest absolute Gasteiger partial charge is 0.481 e. The number of aliphatic hydroxyl groups excluding tert-OH is 2. The SMILES string of the molecule is CCC(C(=O)[C@@H](C)[C@@H](O)[C@H](C)[C@H]1CCC[C@H]([C@@H](CC)C(=O)O)O1)[C@H]1O[C@]2(C=C[C@H](O)[C@]3(CC[C@@](C)([C@H]4CC[C@](O)(CC)[C@H](C)O4)O3)O2)[C@H](C)C[C@@H]1C. The molecule has 0 aliphatic carbocycles. The Morgan fingerprint density at radius 3 is 2.21 bits per heavy atom. The third kappa shape index (κ3) is 7.68. The Morgan fingerprint density at radius 1 is 0.923 bits per heavy atom. The van der Waals surface area contributed by atoms with E-state index in [1.54, 1.807) is 19.1 Å². The van der Waals surface area contributed by atoms with Crippen LogP contribution < -0.4 is 0 Å². The van der Waals surface area contributed by atoms with Crippen LogP contribution in [0, 0.1) is 35.5 Å². The Morgan fingerprint density at radius 2 is 1.60 bits per heavy atom. The van der Waals surface area contributed by atoms with Crippen LogP contribution in [-0.4, -0.2) is 97.7 Å². The summed E-state index contributed by atoms with van der Waals surface area (Å²) in [5.41, 5.74) is -1.63. The van der Waals surface area contributed by atoms with Gasteiger partial charge < -0.3 is 44.1 Å². The van der Waals surface area contributed by atoms with Gasteiger partial charge in [-0.25, -0.2) is 0 Å². The van der Waals surface area contributed by atoms with Gasteiger partial charge in [0.25, 0.3) is 0 Å². The van der Waals surface area contributed by atoms with Crippen molar-refractivity contribution in [2.45, 2.75) is 198 Å². The predicted octanol–water partition coefficient (Wildman–Crippen LogP) is 5.94. The lowest BCUT2D eigenvalue weighted by Crippen LogP contribution is -2.63. The van der Waals surface area contributed by atoms with Crippen LogP contribution in [0.5, 0.6) is 0 Å². The number of rotatable bonds is 12. The molecule has 11 nitrogen and oxygen atoms in total. The zero-order chi connectivity index (χ0) is 38.4. The summed E-state index contributed by atoms with van der Waals surface area (Å²) in [5.74, 6) is -5.82. The number of hydrogen-bond acceptors (Lipinski definition) is 10. The van der Waals surface area contributed by atoms with Crippen molar-refractivity contribution in [1.29, 1.82) is 0 Å². The van der Waals surface area contributed by atoms with Crippen LogP contribution in [0.15, 0.2) is 12.2 Å². The summed E-state index contributed by atoms with van der Waals surface area (Å²) in [7, 11) is 0. The van der Waals surface area contributed by atoms with Crippen LogP contribution in [0.2, 0.25) is 0 Å². The summed E-state index contributed by atoms with van der Waals surface area (Å²) in [6.07, 6.45) is 6.33. The van der Waals surface area contributed by atoms with Gasteiger partial charge in [-0.2, -0.15) is 0 Å². The van der Waals surface area contributed by atoms with Crippen molar-refractivity contribution in [1.82, 2.24) is 0 Å². The molecule has 298 valence electrons. The van der Waals surface area contributed by atoms with E-state index < -0.39 is 70.9 Å². The van der Waals surface area contributed by atoms with Crippen molar-refractivity contribution < 1.29 is 53.7 Å². The molecule has 17 atom stereocenters. The monoisotopic (exact) mass is 736 g/mol. The van der Waals surface area contributed by atoms with Crippen LogP contribution in [0.1, 0.15) is 133 Å². The smallest absolute Gasteiger partial charge is 0.309 e. The second-order valence-electron chi connectivity index (χ2n) is 17.4. The highest BCUT2D eigenvalue weighted by atomic mass is 16.8. The number of aliphatic hydroxyl groups is 3. The molecule has 5 aliphatic heterocycles. The minimum atomic E-state index is -1.37. The first-order valence-corrected chi connectivity index (χ1v) is 20.3. The number of hydrogen-bond donors (Lipinski definition) is 4. The first-order chi connectivity index (χ1) is 24.4. The lowest BCUT2D eigenvalue weighted by molar-refractivity contribution is -0.409. The summed E-state index contributed by atoms with van der Waals surface area (Å²) < 4.78 is 33.3. The first-order valence-electron chi connectivity index (χ1n) is 20.3. The van der Waals surface area contributed by atoms with Gasteiger partial charge in [-0.3, -0.25) is 9.59 Å². The molecule has 4 saturated heterocycles. The second-order valence-corrected chi connectivity index (χ2v) is 17.4. The number of carboxylic acid groups (broad SMARTS) is 1. The molecule has 5 heterocycles. The van der Waals surface area contributed by atoms with Gasteiger partial charge in [-0.05, 0) is 96.1 Å². The van der Waals surface area contributed by atoms with Gasteiger partial charge in [0.15, 0.2) is 5.79 Å². The van der Waals surface area contributed by atoms with E-state index in [1.165, 1.54) is 0 Å². The molecule has 0 aromatic rings. The Balaban J connectivity index is 1.30. The number of carboxylic acids is 1. The fourth-order valence-corrected chi connectivity index (χ4v) is 10.1. The third-order valence-corrected chi connectivity index (χ3v) is 14.0. The minimum Gasteiger partial charge on any atom is -0.481 e. The van der Waals surface area contributed by atoms with Crippen LogP contribution in [-0.2, 0) is 33.3 Å².